The van der Waals surface area contributed by atoms with Crippen LogP contribution in [0.4, 0.5) is 0 Å². The Balaban J connectivity index is 1.77. The maximum atomic E-state index is 3.95. The van der Waals surface area contributed by atoms with Gasteiger partial charge in [0.2, 0.25) is 0 Å². The fraction of sp³-hybridized carbons (Fsp3) is 0.111. The lowest BCUT2D eigenvalue weighted by molar-refractivity contribution is 0.800. The molecule has 0 spiro atoms. The molecule has 0 radical (unpaired) electrons. The summed E-state index contributed by atoms with van der Waals surface area (Å²) in [6.45, 7) is 6.01. The van der Waals surface area contributed by atoms with E-state index in [1.807, 2.05) is 6.08 Å². The van der Waals surface area contributed by atoms with Crippen LogP contribution in [0.25, 0.3) is 44.5 Å². The molecular weight excluding hydrogens is 324 g/mol. The van der Waals surface area contributed by atoms with E-state index in [0.29, 0.717) is 5.92 Å². The van der Waals surface area contributed by atoms with Gasteiger partial charge in [-0.2, -0.15) is 0 Å². The zero-order valence-electron chi connectivity index (χ0n) is 15.6. The van der Waals surface area contributed by atoms with Crippen molar-refractivity contribution in [1.29, 1.82) is 0 Å². The van der Waals surface area contributed by atoms with Crippen molar-refractivity contribution < 1.29 is 0 Å². The average Bonchev–Trinajstić information content (AvgIpc) is 2.71. The van der Waals surface area contributed by atoms with E-state index in [-0.39, 0.29) is 0 Å². The number of hydrogen-bond acceptors (Lipinski definition) is 0. The zero-order valence-corrected chi connectivity index (χ0v) is 15.6. The van der Waals surface area contributed by atoms with Gasteiger partial charge in [-0.3, -0.25) is 0 Å². The second-order valence-corrected chi connectivity index (χ2v) is 7.44. The first kappa shape index (κ1) is 16.1. The summed E-state index contributed by atoms with van der Waals surface area (Å²) in [4.78, 5) is 0. The van der Waals surface area contributed by atoms with E-state index < -0.39 is 0 Å². The van der Waals surface area contributed by atoms with Crippen LogP contribution in [-0.2, 0) is 6.42 Å². The van der Waals surface area contributed by atoms with Crippen molar-refractivity contribution in [2.45, 2.75) is 13.3 Å². The van der Waals surface area contributed by atoms with E-state index in [1.54, 1.807) is 0 Å². The second kappa shape index (κ2) is 6.25. The summed E-state index contributed by atoms with van der Waals surface area (Å²) in [5.74, 6) is 0.450. The minimum absolute atomic E-state index is 0.450. The molecule has 0 nitrogen and oxygen atoms in total. The monoisotopic (exact) mass is 346 g/mol. The van der Waals surface area contributed by atoms with E-state index >= 15 is 0 Å². The number of fused-ring (bicyclic) bond motifs is 6. The molecule has 130 valence electrons. The molecule has 1 atom stereocenters. The van der Waals surface area contributed by atoms with Gasteiger partial charge in [0.25, 0.3) is 0 Å². The van der Waals surface area contributed by atoms with Gasteiger partial charge >= 0.3 is 0 Å². The fourth-order valence-electron chi connectivity index (χ4n) is 4.35. The van der Waals surface area contributed by atoms with E-state index in [9.17, 15) is 0 Å². The van der Waals surface area contributed by atoms with Gasteiger partial charge in [0.15, 0.2) is 0 Å². The maximum absolute atomic E-state index is 3.95. The summed E-state index contributed by atoms with van der Waals surface area (Å²) in [7, 11) is 0. The lowest BCUT2D eigenvalue weighted by Crippen LogP contribution is -2.04. The largest absolute Gasteiger partial charge is 0.102 e. The Hall–Kier alpha value is -3.12. The predicted molar refractivity (Wildman–Crippen MR) is 120 cm³/mol. The first-order chi connectivity index (χ1) is 13.3. The molecule has 27 heavy (non-hydrogen) atoms. The molecule has 0 saturated carbocycles. The van der Waals surface area contributed by atoms with E-state index in [0.717, 1.165) is 6.42 Å². The Kier molecular flexibility index (Phi) is 3.72. The Morgan fingerprint density at radius 2 is 1.70 bits per heavy atom. The lowest BCUT2D eigenvalue weighted by Gasteiger charge is -2.19. The molecule has 0 heterocycles. The van der Waals surface area contributed by atoms with Crippen LogP contribution >= 0.6 is 0 Å². The van der Waals surface area contributed by atoms with Gasteiger partial charge in [-0.25, -0.2) is 0 Å². The summed E-state index contributed by atoms with van der Waals surface area (Å²) in [5, 5.41) is 7.92. The van der Waals surface area contributed by atoms with Crippen LogP contribution in [0.15, 0.2) is 79.4 Å². The van der Waals surface area contributed by atoms with Crippen LogP contribution in [0, 0.1) is 5.92 Å². The smallest absolute Gasteiger partial charge is 0.00122 e. The van der Waals surface area contributed by atoms with Gasteiger partial charge in [-0.05, 0) is 86.5 Å². The third-order valence-electron chi connectivity index (χ3n) is 5.76. The van der Waals surface area contributed by atoms with Gasteiger partial charge in [0.05, 0.1) is 0 Å². The molecule has 0 aromatic heterocycles. The molecule has 0 heteroatoms. The second-order valence-electron chi connectivity index (χ2n) is 7.44. The van der Waals surface area contributed by atoms with Crippen molar-refractivity contribution in [3.8, 4) is 0 Å². The van der Waals surface area contributed by atoms with E-state index in [1.165, 1.54) is 49.0 Å². The Bertz CT molecular complexity index is 1270. The topological polar surface area (TPSA) is 0 Å². The molecule has 4 aromatic carbocycles. The molecule has 1 aliphatic rings. The van der Waals surface area contributed by atoms with Crippen molar-refractivity contribution in [2.75, 3.05) is 0 Å². The van der Waals surface area contributed by atoms with Crippen molar-refractivity contribution in [3.05, 3.63) is 96.1 Å². The SMILES string of the molecule is C=CC1C=Cc2c(ccc3c2ccc2cc4cc(/C=C/C)ccc4cc23)C1. The van der Waals surface area contributed by atoms with Gasteiger partial charge in [-0.1, -0.05) is 66.8 Å². The quantitative estimate of drug-likeness (QED) is 0.200. The van der Waals surface area contributed by atoms with Gasteiger partial charge in [0, 0.05) is 0 Å². The van der Waals surface area contributed by atoms with Crippen LogP contribution in [-0.4, -0.2) is 0 Å². The summed E-state index contributed by atoms with van der Waals surface area (Å²) in [5.41, 5.74) is 4.04. The first-order valence-electron chi connectivity index (χ1n) is 9.62. The third kappa shape index (κ3) is 2.61. The Morgan fingerprint density at radius 3 is 2.56 bits per heavy atom. The molecule has 5 rings (SSSR count). The summed E-state index contributed by atoms with van der Waals surface area (Å²) < 4.78 is 0. The molecule has 0 saturated heterocycles. The van der Waals surface area contributed by atoms with Gasteiger partial charge in [0.1, 0.15) is 0 Å². The average molecular weight is 346 g/mol. The highest BCUT2D eigenvalue weighted by Crippen LogP contribution is 2.35. The molecule has 1 aliphatic carbocycles. The highest BCUT2D eigenvalue weighted by molar-refractivity contribution is 6.14. The summed E-state index contributed by atoms with van der Waals surface area (Å²) in [6.07, 6.45) is 11.9. The molecule has 0 amide bonds. The number of allylic oxidation sites excluding steroid dienone is 3. The van der Waals surface area contributed by atoms with Crippen LogP contribution in [0.2, 0.25) is 0 Å². The van der Waals surface area contributed by atoms with Crippen molar-refractivity contribution in [2.24, 2.45) is 5.92 Å². The molecule has 4 aromatic rings. The van der Waals surface area contributed by atoms with Crippen molar-refractivity contribution >= 4 is 44.5 Å². The Labute approximate surface area is 160 Å². The molecule has 0 aliphatic heterocycles. The maximum Gasteiger partial charge on any atom is -0.00122 e. The molecule has 0 fully saturated rings. The van der Waals surface area contributed by atoms with Crippen LogP contribution in [0.1, 0.15) is 23.6 Å². The lowest BCUT2D eigenvalue weighted by atomic mass is 9.85. The number of rotatable bonds is 2. The highest BCUT2D eigenvalue weighted by Gasteiger charge is 2.14. The minimum Gasteiger partial charge on any atom is -0.102 e. The van der Waals surface area contributed by atoms with Crippen molar-refractivity contribution in [1.82, 2.24) is 0 Å². The minimum atomic E-state index is 0.450. The first-order valence-corrected chi connectivity index (χ1v) is 9.62. The molecule has 0 bridgehead atoms. The molecule has 0 N–H and O–H groups in total. The number of benzene rings is 4. The van der Waals surface area contributed by atoms with Crippen molar-refractivity contribution in [3.63, 3.8) is 0 Å². The van der Waals surface area contributed by atoms with Crippen LogP contribution in [0.5, 0.6) is 0 Å². The normalized spacial score (nSPS) is 16.4. The zero-order chi connectivity index (χ0) is 18.4. The highest BCUT2D eigenvalue weighted by atomic mass is 14.2. The molecule has 1 unspecified atom stereocenters. The standard InChI is InChI=1S/C27H22/c1-3-5-19-6-8-20-17-27-22(16-23(20)15-19)10-12-25-24-11-7-18(4-2)14-21(24)9-13-26(25)27/h3-13,15-18H,2,14H2,1H3/b5-3+. The fourth-order valence-corrected chi connectivity index (χ4v) is 4.35. The third-order valence-corrected chi connectivity index (χ3v) is 5.76. The summed E-state index contributed by atoms with van der Waals surface area (Å²) >= 11 is 0. The van der Waals surface area contributed by atoms with Crippen LogP contribution in [0.3, 0.4) is 0 Å². The van der Waals surface area contributed by atoms with E-state index in [2.05, 4.69) is 92.4 Å². The number of hydrogen-bond donors (Lipinski definition) is 0. The van der Waals surface area contributed by atoms with Crippen LogP contribution < -0.4 is 0 Å². The van der Waals surface area contributed by atoms with Gasteiger partial charge in [-0.15, -0.1) is 6.58 Å². The summed E-state index contributed by atoms with van der Waals surface area (Å²) in [6, 6.07) is 20.5. The predicted octanol–water partition coefficient (Wildman–Crippen LogP) is 7.55. The molecular formula is C27H22. The Morgan fingerprint density at radius 1 is 0.852 bits per heavy atom. The van der Waals surface area contributed by atoms with Gasteiger partial charge < -0.3 is 0 Å². The van der Waals surface area contributed by atoms with E-state index in [4.69, 9.17) is 0 Å².